The smallest absolute Gasteiger partial charge is 0.0961 e. The number of anilines is 1. The van der Waals surface area contributed by atoms with Gasteiger partial charge in [0.2, 0.25) is 0 Å². The van der Waals surface area contributed by atoms with Crippen molar-refractivity contribution in [2.75, 3.05) is 5.73 Å². The summed E-state index contributed by atoms with van der Waals surface area (Å²) in [6.07, 6.45) is 3.75. The highest BCUT2D eigenvalue weighted by Crippen LogP contribution is 2.18. The van der Waals surface area contributed by atoms with Crippen LogP contribution in [0, 0.1) is 6.92 Å². The van der Waals surface area contributed by atoms with Crippen LogP contribution in [0.25, 0.3) is 11.0 Å². The maximum Gasteiger partial charge on any atom is 0.0961 e. The molecule has 0 bridgehead atoms. The topological polar surface area (TPSA) is 61.7 Å². The molecule has 3 aromatic rings. The lowest BCUT2D eigenvalue weighted by Crippen LogP contribution is -2.00. The number of hydrogen-bond acceptors (Lipinski definition) is 3. The number of rotatable bonds is 2. The molecule has 2 N–H and O–H groups in total. The number of imidazole rings is 1. The van der Waals surface area contributed by atoms with Gasteiger partial charge in [-0.3, -0.25) is 4.68 Å². The van der Waals surface area contributed by atoms with Crippen LogP contribution in [0.2, 0.25) is 0 Å². The Morgan fingerprint density at radius 2 is 2.17 bits per heavy atom. The van der Waals surface area contributed by atoms with Crippen molar-refractivity contribution in [1.82, 2.24) is 19.3 Å². The van der Waals surface area contributed by atoms with Gasteiger partial charge in [0.25, 0.3) is 0 Å². The van der Waals surface area contributed by atoms with E-state index in [1.54, 1.807) is 0 Å². The van der Waals surface area contributed by atoms with Gasteiger partial charge in [0.05, 0.1) is 30.1 Å². The van der Waals surface area contributed by atoms with Gasteiger partial charge in [0.15, 0.2) is 0 Å². The monoisotopic (exact) mass is 241 g/mol. The molecule has 0 atom stereocenters. The summed E-state index contributed by atoms with van der Waals surface area (Å²) in [7, 11) is 1.95. The summed E-state index contributed by atoms with van der Waals surface area (Å²) in [5.41, 5.74) is 10.9. The third-order valence-electron chi connectivity index (χ3n) is 3.32. The first kappa shape index (κ1) is 10.8. The Morgan fingerprint density at radius 3 is 2.89 bits per heavy atom. The van der Waals surface area contributed by atoms with Gasteiger partial charge in [-0.1, -0.05) is 0 Å². The van der Waals surface area contributed by atoms with Crippen molar-refractivity contribution in [3.63, 3.8) is 0 Å². The van der Waals surface area contributed by atoms with Gasteiger partial charge >= 0.3 is 0 Å². The van der Waals surface area contributed by atoms with E-state index in [4.69, 9.17) is 5.73 Å². The Balaban J connectivity index is 2.03. The molecule has 0 saturated heterocycles. The molecule has 0 amide bonds. The molecule has 3 rings (SSSR count). The predicted molar refractivity (Wildman–Crippen MR) is 71.2 cm³/mol. The molecular formula is C13H15N5. The normalized spacial score (nSPS) is 11.2. The van der Waals surface area contributed by atoms with Crippen molar-refractivity contribution in [3.8, 4) is 0 Å². The third-order valence-corrected chi connectivity index (χ3v) is 3.32. The van der Waals surface area contributed by atoms with Crippen LogP contribution in [0.1, 0.15) is 11.3 Å². The van der Waals surface area contributed by atoms with Crippen LogP contribution in [-0.4, -0.2) is 19.3 Å². The van der Waals surface area contributed by atoms with Crippen LogP contribution in [0.15, 0.2) is 30.7 Å². The molecule has 2 aromatic heterocycles. The Kier molecular flexibility index (Phi) is 2.33. The molecule has 5 nitrogen and oxygen atoms in total. The summed E-state index contributed by atoms with van der Waals surface area (Å²) < 4.78 is 3.99. The minimum absolute atomic E-state index is 0.741. The van der Waals surface area contributed by atoms with Gasteiger partial charge in [-0.15, -0.1) is 0 Å². The first-order valence-electron chi connectivity index (χ1n) is 5.83. The van der Waals surface area contributed by atoms with Gasteiger partial charge in [-0.05, 0) is 25.1 Å². The van der Waals surface area contributed by atoms with E-state index in [1.165, 1.54) is 11.3 Å². The Hall–Kier alpha value is -2.30. The second kappa shape index (κ2) is 3.87. The van der Waals surface area contributed by atoms with Crippen molar-refractivity contribution in [3.05, 3.63) is 42.0 Å². The summed E-state index contributed by atoms with van der Waals surface area (Å²) in [6.45, 7) is 2.85. The summed E-state index contributed by atoms with van der Waals surface area (Å²) in [5, 5.41) is 4.25. The van der Waals surface area contributed by atoms with Crippen LogP contribution in [0.5, 0.6) is 0 Å². The number of aryl methyl sites for hydroxylation is 1. The van der Waals surface area contributed by atoms with Gasteiger partial charge < -0.3 is 10.3 Å². The maximum absolute atomic E-state index is 5.75. The molecular weight excluding hydrogens is 226 g/mol. The van der Waals surface area contributed by atoms with E-state index in [0.29, 0.717) is 0 Å². The summed E-state index contributed by atoms with van der Waals surface area (Å²) >= 11 is 0. The number of nitrogens with two attached hydrogens (primary N) is 1. The minimum atomic E-state index is 0.741. The second-order valence-electron chi connectivity index (χ2n) is 4.50. The lowest BCUT2D eigenvalue weighted by Gasteiger charge is -2.04. The van der Waals surface area contributed by atoms with E-state index in [9.17, 15) is 0 Å². The molecule has 0 saturated carbocycles. The molecule has 0 fully saturated rings. The number of hydrogen-bond donors (Lipinski definition) is 1. The number of nitrogens with zero attached hydrogens (tertiary/aromatic N) is 4. The number of aromatic nitrogens is 4. The van der Waals surface area contributed by atoms with E-state index >= 15 is 0 Å². The van der Waals surface area contributed by atoms with Crippen molar-refractivity contribution < 1.29 is 0 Å². The number of fused-ring (bicyclic) bond motifs is 1. The second-order valence-corrected chi connectivity index (χ2v) is 4.50. The molecule has 0 aliphatic carbocycles. The lowest BCUT2D eigenvalue weighted by molar-refractivity contribution is 0.733. The molecule has 1 aromatic carbocycles. The average molecular weight is 241 g/mol. The van der Waals surface area contributed by atoms with Gasteiger partial charge in [-0.25, -0.2) is 4.98 Å². The highest BCUT2D eigenvalue weighted by Gasteiger charge is 2.07. The van der Waals surface area contributed by atoms with Crippen LogP contribution in [0.4, 0.5) is 5.69 Å². The molecule has 5 heteroatoms. The van der Waals surface area contributed by atoms with Crippen molar-refractivity contribution >= 4 is 16.7 Å². The van der Waals surface area contributed by atoms with E-state index in [0.717, 1.165) is 23.3 Å². The van der Waals surface area contributed by atoms with Crippen molar-refractivity contribution in [2.45, 2.75) is 13.5 Å². The summed E-state index contributed by atoms with van der Waals surface area (Å²) in [5.74, 6) is 0. The van der Waals surface area contributed by atoms with Crippen LogP contribution in [0.3, 0.4) is 0 Å². The molecule has 18 heavy (non-hydrogen) atoms. The SMILES string of the molecule is Cc1c(Cn2cnc3cc(N)ccc32)cnn1C. The summed E-state index contributed by atoms with van der Waals surface area (Å²) in [6, 6.07) is 5.79. The first-order chi connectivity index (χ1) is 8.65. The van der Waals surface area contributed by atoms with E-state index in [1.807, 2.05) is 42.5 Å². The Morgan fingerprint density at radius 1 is 1.33 bits per heavy atom. The van der Waals surface area contributed by atoms with Crippen molar-refractivity contribution in [1.29, 1.82) is 0 Å². The molecule has 2 heterocycles. The number of benzene rings is 1. The fourth-order valence-electron chi connectivity index (χ4n) is 2.09. The average Bonchev–Trinajstić information content (AvgIpc) is 2.88. The summed E-state index contributed by atoms with van der Waals surface area (Å²) in [4.78, 5) is 4.37. The number of nitrogen functional groups attached to an aromatic ring is 1. The van der Waals surface area contributed by atoms with Gasteiger partial charge in [-0.2, -0.15) is 5.10 Å². The van der Waals surface area contributed by atoms with Crippen molar-refractivity contribution in [2.24, 2.45) is 7.05 Å². The zero-order valence-corrected chi connectivity index (χ0v) is 10.5. The Bertz CT molecular complexity index is 707. The third kappa shape index (κ3) is 1.64. The quantitative estimate of drug-likeness (QED) is 0.695. The minimum Gasteiger partial charge on any atom is -0.399 e. The van der Waals surface area contributed by atoms with E-state index < -0.39 is 0 Å². The molecule has 0 aliphatic heterocycles. The molecule has 0 radical (unpaired) electrons. The molecule has 0 aliphatic rings. The highest BCUT2D eigenvalue weighted by atomic mass is 15.3. The van der Waals surface area contributed by atoms with E-state index in [2.05, 4.69) is 21.6 Å². The zero-order valence-electron chi connectivity index (χ0n) is 10.5. The molecule has 0 spiro atoms. The largest absolute Gasteiger partial charge is 0.399 e. The maximum atomic E-state index is 5.75. The van der Waals surface area contributed by atoms with E-state index in [-0.39, 0.29) is 0 Å². The van der Waals surface area contributed by atoms with Crippen LogP contribution < -0.4 is 5.73 Å². The lowest BCUT2D eigenvalue weighted by atomic mass is 10.2. The van der Waals surface area contributed by atoms with Crippen LogP contribution in [-0.2, 0) is 13.6 Å². The molecule has 0 unspecified atom stereocenters. The van der Waals surface area contributed by atoms with Gasteiger partial charge in [0, 0.05) is 24.0 Å². The fourth-order valence-corrected chi connectivity index (χ4v) is 2.09. The Labute approximate surface area is 105 Å². The zero-order chi connectivity index (χ0) is 12.7. The fraction of sp³-hybridized carbons (Fsp3) is 0.231. The molecule has 92 valence electrons. The highest BCUT2D eigenvalue weighted by molar-refractivity contribution is 5.79. The first-order valence-corrected chi connectivity index (χ1v) is 5.83. The van der Waals surface area contributed by atoms with Crippen LogP contribution >= 0.6 is 0 Å². The predicted octanol–water partition coefficient (Wildman–Crippen LogP) is 1.71. The van der Waals surface area contributed by atoms with Gasteiger partial charge in [0.1, 0.15) is 0 Å². The standard InChI is InChI=1S/C13H15N5/c1-9-10(6-16-17(9)2)7-18-8-15-12-5-11(14)3-4-13(12)18/h3-6,8H,7,14H2,1-2H3.